The van der Waals surface area contributed by atoms with E-state index in [-0.39, 0.29) is 27.8 Å². The standard InChI is InChI=1S/C43H64O2/c1-13-40(8,9)30(6)20-18-26-42(11,16-4)32-22-24-34-36(28-32)39(45)37-29-33(23-25-35(37)38(34)44)43(12,17-5)27-19-21-31(7)41(10,14-2)15-3/h13,22-25,28-31H,1,14-21,26-27H2,2-12H3. The van der Waals surface area contributed by atoms with Crippen LogP contribution in [0.5, 0.6) is 0 Å². The molecular weight excluding hydrogens is 548 g/mol. The van der Waals surface area contributed by atoms with Crippen LogP contribution in [0.25, 0.3) is 0 Å². The molecule has 4 unspecified atom stereocenters. The van der Waals surface area contributed by atoms with Gasteiger partial charge in [-0.05, 0) is 101 Å². The maximum absolute atomic E-state index is 14.2. The lowest BCUT2D eigenvalue weighted by Gasteiger charge is -2.36. The highest BCUT2D eigenvalue weighted by Crippen LogP contribution is 2.42. The van der Waals surface area contributed by atoms with Gasteiger partial charge in [0.25, 0.3) is 0 Å². The predicted molar refractivity (Wildman–Crippen MR) is 194 cm³/mol. The molecule has 0 heterocycles. The zero-order valence-electron chi connectivity index (χ0n) is 30.8. The second-order valence-corrected chi connectivity index (χ2v) is 16.0. The van der Waals surface area contributed by atoms with Crippen LogP contribution in [0.15, 0.2) is 49.1 Å². The lowest BCUT2D eigenvalue weighted by molar-refractivity contribution is 0.0978. The summed E-state index contributed by atoms with van der Waals surface area (Å²) < 4.78 is 0. The first kappa shape index (κ1) is 37.0. The monoisotopic (exact) mass is 612 g/mol. The fourth-order valence-corrected chi connectivity index (χ4v) is 7.42. The van der Waals surface area contributed by atoms with Gasteiger partial charge in [-0.25, -0.2) is 0 Å². The van der Waals surface area contributed by atoms with Crippen molar-refractivity contribution in [2.24, 2.45) is 22.7 Å². The number of fused-ring (bicyclic) bond motifs is 2. The van der Waals surface area contributed by atoms with E-state index in [4.69, 9.17) is 0 Å². The van der Waals surface area contributed by atoms with Crippen LogP contribution < -0.4 is 0 Å². The average Bonchev–Trinajstić information content (AvgIpc) is 3.05. The third-order valence-corrected chi connectivity index (χ3v) is 13.3. The van der Waals surface area contributed by atoms with Crippen LogP contribution in [0.1, 0.15) is 183 Å². The molecule has 0 aliphatic heterocycles. The summed E-state index contributed by atoms with van der Waals surface area (Å²) in [5.74, 6) is 1.20. The van der Waals surface area contributed by atoms with Gasteiger partial charge in [-0.1, -0.05) is 126 Å². The Hall–Kier alpha value is -2.48. The maximum Gasteiger partial charge on any atom is 0.194 e. The average molecular weight is 613 g/mol. The fraction of sp³-hybridized carbons (Fsp3) is 0.628. The predicted octanol–water partition coefficient (Wildman–Crippen LogP) is 12.4. The Labute approximate surface area is 276 Å². The highest BCUT2D eigenvalue weighted by atomic mass is 16.1. The quantitative estimate of drug-likeness (QED) is 0.142. The Balaban J connectivity index is 1.86. The van der Waals surface area contributed by atoms with Gasteiger partial charge in [0.1, 0.15) is 0 Å². The van der Waals surface area contributed by atoms with Crippen molar-refractivity contribution in [2.45, 2.75) is 151 Å². The number of benzene rings is 2. The number of hydrogen-bond acceptors (Lipinski definition) is 2. The van der Waals surface area contributed by atoms with Gasteiger partial charge in [0, 0.05) is 22.3 Å². The molecule has 2 nitrogen and oxygen atoms in total. The first-order valence-electron chi connectivity index (χ1n) is 18.1. The molecule has 0 fully saturated rings. The van der Waals surface area contributed by atoms with Crippen LogP contribution in [0.3, 0.4) is 0 Å². The molecule has 2 heteroatoms. The number of hydrogen-bond donors (Lipinski definition) is 0. The van der Waals surface area contributed by atoms with Gasteiger partial charge in [-0.15, -0.1) is 6.58 Å². The van der Waals surface area contributed by atoms with Crippen LogP contribution in [0.2, 0.25) is 0 Å². The third kappa shape index (κ3) is 7.58. The van der Waals surface area contributed by atoms with Crippen molar-refractivity contribution in [1.29, 1.82) is 0 Å². The molecular formula is C43H64O2. The topological polar surface area (TPSA) is 34.1 Å². The van der Waals surface area contributed by atoms with Crippen molar-refractivity contribution in [1.82, 2.24) is 0 Å². The van der Waals surface area contributed by atoms with Gasteiger partial charge in [0.05, 0.1) is 0 Å². The van der Waals surface area contributed by atoms with Gasteiger partial charge in [0.15, 0.2) is 11.6 Å². The Morgan fingerprint density at radius 2 is 1.02 bits per heavy atom. The highest BCUT2D eigenvalue weighted by molar-refractivity contribution is 6.28. The molecule has 0 radical (unpaired) electrons. The summed E-state index contributed by atoms with van der Waals surface area (Å²) in [6, 6.07) is 12.2. The number of carbonyl (C=O) groups is 2. The molecule has 248 valence electrons. The SMILES string of the molecule is C=CC(C)(C)C(C)CCCC(C)(CC)c1ccc2c(c1)C(=O)c1cc(C(C)(CC)CCCC(C)C(C)(CC)CC)ccc1C2=O. The minimum absolute atomic E-state index is 0.00292. The molecule has 45 heavy (non-hydrogen) atoms. The number of carbonyl (C=O) groups excluding carboxylic acids is 2. The van der Waals surface area contributed by atoms with Crippen LogP contribution in [-0.2, 0) is 10.8 Å². The van der Waals surface area contributed by atoms with Crippen molar-refractivity contribution >= 4 is 11.6 Å². The van der Waals surface area contributed by atoms with Crippen molar-refractivity contribution < 1.29 is 9.59 Å². The minimum atomic E-state index is -0.0535. The highest BCUT2D eigenvalue weighted by Gasteiger charge is 2.35. The normalized spacial score (nSPS) is 17.6. The molecule has 3 rings (SSSR count). The Morgan fingerprint density at radius 3 is 1.40 bits per heavy atom. The van der Waals surface area contributed by atoms with E-state index in [1.165, 1.54) is 30.4 Å². The number of allylic oxidation sites excluding steroid dienone is 1. The van der Waals surface area contributed by atoms with Crippen LogP contribution >= 0.6 is 0 Å². The fourth-order valence-electron chi connectivity index (χ4n) is 7.42. The van der Waals surface area contributed by atoms with Gasteiger partial charge >= 0.3 is 0 Å². The number of ketones is 2. The Kier molecular flexibility index (Phi) is 11.9. The van der Waals surface area contributed by atoms with Crippen LogP contribution in [0, 0.1) is 22.7 Å². The molecule has 1 aliphatic carbocycles. The summed E-state index contributed by atoms with van der Waals surface area (Å²) in [6.07, 6.45) is 13.2. The van der Waals surface area contributed by atoms with E-state index in [9.17, 15) is 9.59 Å². The van der Waals surface area contributed by atoms with Crippen LogP contribution in [-0.4, -0.2) is 11.6 Å². The first-order valence-corrected chi connectivity index (χ1v) is 18.1. The summed E-state index contributed by atoms with van der Waals surface area (Å²) in [5, 5.41) is 0. The largest absolute Gasteiger partial charge is 0.289 e. The maximum atomic E-state index is 14.2. The van der Waals surface area contributed by atoms with E-state index < -0.39 is 0 Å². The lowest BCUT2D eigenvalue weighted by Crippen LogP contribution is -2.27. The molecule has 1 aliphatic rings. The molecule has 0 saturated carbocycles. The molecule has 0 spiro atoms. The van der Waals surface area contributed by atoms with Gasteiger partial charge in [-0.2, -0.15) is 0 Å². The van der Waals surface area contributed by atoms with E-state index in [2.05, 4.69) is 107 Å². The van der Waals surface area contributed by atoms with E-state index in [0.29, 0.717) is 39.5 Å². The van der Waals surface area contributed by atoms with Crippen molar-refractivity contribution in [2.75, 3.05) is 0 Å². The second kappa shape index (κ2) is 14.5. The molecule has 2 aromatic carbocycles. The molecule has 0 aromatic heterocycles. The summed E-state index contributed by atoms with van der Waals surface area (Å²) in [7, 11) is 0. The van der Waals surface area contributed by atoms with Gasteiger partial charge < -0.3 is 0 Å². The smallest absolute Gasteiger partial charge is 0.194 e. The van der Waals surface area contributed by atoms with Crippen LogP contribution in [0.4, 0.5) is 0 Å². The third-order valence-electron chi connectivity index (χ3n) is 13.3. The number of rotatable bonds is 17. The van der Waals surface area contributed by atoms with Gasteiger partial charge in [-0.3, -0.25) is 9.59 Å². The molecule has 0 saturated heterocycles. The molecule has 4 atom stereocenters. The van der Waals surface area contributed by atoms with Crippen molar-refractivity contribution in [3.8, 4) is 0 Å². The zero-order chi connectivity index (χ0) is 33.8. The lowest BCUT2D eigenvalue weighted by atomic mass is 9.69. The molecule has 0 amide bonds. The summed E-state index contributed by atoms with van der Waals surface area (Å²) >= 11 is 0. The molecule has 0 N–H and O–H groups in total. The van der Waals surface area contributed by atoms with E-state index >= 15 is 0 Å². The van der Waals surface area contributed by atoms with E-state index in [1.807, 2.05) is 18.2 Å². The second-order valence-electron chi connectivity index (χ2n) is 16.0. The van der Waals surface area contributed by atoms with Crippen molar-refractivity contribution in [3.63, 3.8) is 0 Å². The Bertz CT molecular complexity index is 1360. The first-order chi connectivity index (χ1) is 21.1. The van der Waals surface area contributed by atoms with Crippen molar-refractivity contribution in [3.05, 3.63) is 82.4 Å². The molecule has 2 aromatic rings. The molecule has 0 bridgehead atoms. The van der Waals surface area contributed by atoms with E-state index in [0.717, 1.165) is 44.9 Å². The zero-order valence-corrected chi connectivity index (χ0v) is 30.8. The minimum Gasteiger partial charge on any atom is -0.289 e. The Morgan fingerprint density at radius 1 is 0.622 bits per heavy atom. The van der Waals surface area contributed by atoms with E-state index in [1.54, 1.807) is 0 Å². The summed E-state index contributed by atoms with van der Waals surface area (Å²) in [6.45, 7) is 29.5. The summed E-state index contributed by atoms with van der Waals surface area (Å²) in [5.41, 5.74) is 5.02. The van der Waals surface area contributed by atoms with Gasteiger partial charge in [0.2, 0.25) is 0 Å². The summed E-state index contributed by atoms with van der Waals surface area (Å²) in [4.78, 5) is 27.9.